The number of nitrogens with zero attached hydrogens (tertiary/aromatic N) is 4. The summed E-state index contributed by atoms with van der Waals surface area (Å²) in [4.78, 5) is 25.5. The van der Waals surface area contributed by atoms with Crippen LogP contribution in [0.4, 0.5) is 5.82 Å². The summed E-state index contributed by atoms with van der Waals surface area (Å²) in [5, 5.41) is 2.37. The second-order valence-corrected chi connectivity index (χ2v) is 7.45. The Kier molecular flexibility index (Phi) is 5.21. The van der Waals surface area contributed by atoms with E-state index in [1.165, 1.54) is 10.8 Å². The topological polar surface area (TPSA) is 75.4 Å². The van der Waals surface area contributed by atoms with E-state index in [1.54, 1.807) is 12.3 Å². The lowest BCUT2D eigenvalue weighted by Crippen LogP contribution is -2.37. The molecule has 1 aliphatic heterocycles. The van der Waals surface area contributed by atoms with E-state index in [1.807, 2.05) is 17.0 Å². The molecule has 28 heavy (non-hydrogen) atoms. The van der Waals surface area contributed by atoms with Crippen LogP contribution < -0.4 is 5.73 Å². The van der Waals surface area contributed by atoms with Crippen molar-refractivity contribution in [3.05, 3.63) is 66.1 Å². The van der Waals surface area contributed by atoms with Gasteiger partial charge in [0.2, 0.25) is 5.91 Å². The molecule has 2 N–H and O–H groups in total. The smallest absolute Gasteiger partial charge is 0.227 e. The maximum atomic E-state index is 12.8. The first-order valence-corrected chi connectivity index (χ1v) is 9.61. The molecule has 1 saturated heterocycles. The highest BCUT2D eigenvalue weighted by atomic mass is 16.2. The summed E-state index contributed by atoms with van der Waals surface area (Å²) < 4.78 is 0. The molecule has 2 heterocycles. The molecular formula is C22H25N5O. The second kappa shape index (κ2) is 7.94. The van der Waals surface area contributed by atoms with Gasteiger partial charge in [-0.05, 0) is 35.9 Å². The van der Waals surface area contributed by atoms with Crippen molar-refractivity contribution in [2.24, 2.45) is 0 Å². The molecule has 0 spiro atoms. The zero-order valence-corrected chi connectivity index (χ0v) is 16.1. The number of likely N-dealkylation sites (tertiary alicyclic amines) is 1. The van der Waals surface area contributed by atoms with Gasteiger partial charge in [0.15, 0.2) is 0 Å². The van der Waals surface area contributed by atoms with Crippen molar-refractivity contribution in [1.82, 2.24) is 19.8 Å². The molecule has 0 bridgehead atoms. The van der Waals surface area contributed by atoms with Crippen molar-refractivity contribution in [1.29, 1.82) is 0 Å². The third-order valence-electron chi connectivity index (χ3n) is 5.43. The van der Waals surface area contributed by atoms with Crippen LogP contribution in [0.15, 0.2) is 54.7 Å². The van der Waals surface area contributed by atoms with Gasteiger partial charge in [-0.2, -0.15) is 0 Å². The predicted octanol–water partition coefficient (Wildman–Crippen LogP) is 2.49. The zero-order valence-electron chi connectivity index (χ0n) is 16.1. The van der Waals surface area contributed by atoms with Gasteiger partial charge >= 0.3 is 0 Å². The van der Waals surface area contributed by atoms with Gasteiger partial charge in [0, 0.05) is 25.3 Å². The van der Waals surface area contributed by atoms with Gasteiger partial charge in [-0.15, -0.1) is 0 Å². The standard InChI is InChI=1S/C22H25N5O/c1-26(15-21-24-10-8-20(23)25-21)19-9-11-27(14-19)22(28)13-16-6-7-17-4-2-3-5-18(17)12-16/h2-8,10,12,19H,9,11,13-15H2,1H3,(H2,23,24,25)/t19-/m1/s1. The van der Waals surface area contributed by atoms with Crippen molar-refractivity contribution in [3.8, 4) is 0 Å². The summed E-state index contributed by atoms with van der Waals surface area (Å²) in [5.74, 6) is 1.38. The molecule has 0 radical (unpaired) electrons. The number of benzene rings is 2. The molecule has 1 fully saturated rings. The van der Waals surface area contributed by atoms with Crippen molar-refractivity contribution < 1.29 is 4.79 Å². The quantitative estimate of drug-likeness (QED) is 0.741. The lowest BCUT2D eigenvalue weighted by atomic mass is 10.0. The van der Waals surface area contributed by atoms with Crippen LogP contribution in [0, 0.1) is 0 Å². The van der Waals surface area contributed by atoms with E-state index in [4.69, 9.17) is 5.73 Å². The Balaban J connectivity index is 1.35. The van der Waals surface area contributed by atoms with E-state index < -0.39 is 0 Å². The second-order valence-electron chi connectivity index (χ2n) is 7.45. The molecule has 3 aromatic rings. The maximum absolute atomic E-state index is 12.8. The van der Waals surface area contributed by atoms with Crippen molar-refractivity contribution >= 4 is 22.5 Å². The number of hydrogen-bond acceptors (Lipinski definition) is 5. The number of amides is 1. The van der Waals surface area contributed by atoms with Crippen molar-refractivity contribution in [2.45, 2.75) is 25.4 Å². The van der Waals surface area contributed by atoms with Crippen LogP contribution in [0.5, 0.6) is 0 Å². The summed E-state index contributed by atoms with van der Waals surface area (Å²) in [6, 6.07) is 16.5. The van der Waals surface area contributed by atoms with Crippen LogP contribution in [0.3, 0.4) is 0 Å². The molecule has 0 aliphatic carbocycles. The summed E-state index contributed by atoms with van der Waals surface area (Å²) in [6.07, 6.45) is 3.08. The summed E-state index contributed by atoms with van der Waals surface area (Å²) >= 11 is 0. The van der Waals surface area contributed by atoms with Crippen LogP contribution in [0.1, 0.15) is 17.8 Å². The van der Waals surface area contributed by atoms with Crippen molar-refractivity contribution in [3.63, 3.8) is 0 Å². The maximum Gasteiger partial charge on any atom is 0.227 e. The number of fused-ring (bicyclic) bond motifs is 1. The highest BCUT2D eigenvalue weighted by Crippen LogP contribution is 2.19. The Hall–Kier alpha value is -2.99. The number of nitrogen functional groups attached to an aromatic ring is 1. The summed E-state index contributed by atoms with van der Waals surface area (Å²) in [7, 11) is 2.05. The highest BCUT2D eigenvalue weighted by Gasteiger charge is 2.29. The summed E-state index contributed by atoms with van der Waals surface area (Å²) in [5.41, 5.74) is 6.80. The van der Waals surface area contributed by atoms with Gasteiger partial charge in [-0.1, -0.05) is 42.5 Å². The Morgan fingerprint density at radius 3 is 2.86 bits per heavy atom. The first-order chi connectivity index (χ1) is 13.6. The van der Waals surface area contributed by atoms with E-state index in [2.05, 4.69) is 52.2 Å². The number of carbonyl (C=O) groups excluding carboxylic acids is 1. The molecule has 0 saturated carbocycles. The normalized spacial score (nSPS) is 16.8. The lowest BCUT2D eigenvalue weighted by molar-refractivity contribution is -0.129. The average molecular weight is 375 g/mol. The number of likely N-dealkylation sites (N-methyl/N-ethyl adjacent to an activating group) is 1. The minimum absolute atomic E-state index is 0.186. The predicted molar refractivity (Wildman–Crippen MR) is 111 cm³/mol. The van der Waals surface area contributed by atoms with E-state index in [0.29, 0.717) is 30.6 Å². The monoisotopic (exact) mass is 375 g/mol. The Morgan fingerprint density at radius 1 is 1.21 bits per heavy atom. The molecule has 6 nitrogen and oxygen atoms in total. The van der Waals surface area contributed by atoms with Crippen LogP contribution in [-0.4, -0.2) is 51.9 Å². The molecule has 1 aromatic heterocycles. The number of nitrogens with two attached hydrogens (primary N) is 1. The number of rotatable bonds is 5. The molecular weight excluding hydrogens is 350 g/mol. The van der Waals surface area contributed by atoms with Crippen LogP contribution in [0.2, 0.25) is 0 Å². The number of carbonyl (C=O) groups is 1. The van der Waals surface area contributed by atoms with Gasteiger partial charge in [0.25, 0.3) is 0 Å². The first kappa shape index (κ1) is 18.4. The molecule has 0 unspecified atom stereocenters. The van der Waals surface area contributed by atoms with E-state index in [0.717, 1.165) is 25.1 Å². The fourth-order valence-electron chi connectivity index (χ4n) is 3.81. The Morgan fingerprint density at radius 2 is 2.04 bits per heavy atom. The Labute approximate surface area is 165 Å². The minimum Gasteiger partial charge on any atom is -0.384 e. The van der Waals surface area contributed by atoms with E-state index in [9.17, 15) is 4.79 Å². The molecule has 4 rings (SSSR count). The number of anilines is 1. The number of aromatic nitrogens is 2. The highest BCUT2D eigenvalue weighted by molar-refractivity contribution is 5.85. The zero-order chi connectivity index (χ0) is 19.5. The third-order valence-corrected chi connectivity index (χ3v) is 5.43. The minimum atomic E-state index is 0.186. The number of hydrogen-bond donors (Lipinski definition) is 1. The van der Waals surface area contributed by atoms with Crippen molar-refractivity contribution in [2.75, 3.05) is 25.9 Å². The molecule has 2 aromatic carbocycles. The van der Waals surface area contributed by atoms with E-state index in [-0.39, 0.29) is 5.91 Å². The lowest BCUT2D eigenvalue weighted by Gasteiger charge is -2.24. The van der Waals surface area contributed by atoms with Gasteiger partial charge in [0.1, 0.15) is 11.6 Å². The van der Waals surface area contributed by atoms with Crippen LogP contribution >= 0.6 is 0 Å². The fourth-order valence-corrected chi connectivity index (χ4v) is 3.81. The molecule has 1 aliphatic rings. The average Bonchev–Trinajstić information content (AvgIpc) is 3.18. The van der Waals surface area contributed by atoms with E-state index >= 15 is 0 Å². The third kappa shape index (κ3) is 4.12. The van der Waals surface area contributed by atoms with Gasteiger partial charge in [-0.25, -0.2) is 9.97 Å². The summed E-state index contributed by atoms with van der Waals surface area (Å²) in [6.45, 7) is 2.16. The van der Waals surface area contributed by atoms with Gasteiger partial charge in [-0.3, -0.25) is 9.69 Å². The Bertz CT molecular complexity index is 989. The molecule has 144 valence electrons. The molecule has 6 heteroatoms. The SMILES string of the molecule is CN(Cc1nccc(N)n1)[C@@H]1CCN(C(=O)Cc2ccc3ccccc3c2)C1. The fraction of sp³-hybridized carbons (Fsp3) is 0.318. The van der Waals surface area contributed by atoms with Gasteiger partial charge in [0.05, 0.1) is 13.0 Å². The molecule has 1 amide bonds. The largest absolute Gasteiger partial charge is 0.384 e. The molecule has 1 atom stereocenters. The first-order valence-electron chi connectivity index (χ1n) is 9.61. The van der Waals surface area contributed by atoms with Crippen LogP contribution in [0.25, 0.3) is 10.8 Å². The van der Waals surface area contributed by atoms with Gasteiger partial charge < -0.3 is 10.6 Å². The van der Waals surface area contributed by atoms with Crippen LogP contribution in [-0.2, 0) is 17.8 Å².